The molecular formula is C32H34N4O7S. The molecule has 1 unspecified atom stereocenters. The first kappa shape index (κ1) is 30.9. The summed E-state index contributed by atoms with van der Waals surface area (Å²) in [5.41, 5.74) is 2.25. The Morgan fingerprint density at radius 3 is 2.43 bits per heavy atom. The average Bonchev–Trinajstić information content (AvgIpc) is 3.51. The van der Waals surface area contributed by atoms with Gasteiger partial charge in [0.15, 0.2) is 11.5 Å². The van der Waals surface area contributed by atoms with E-state index in [4.69, 9.17) is 24.0 Å². The van der Waals surface area contributed by atoms with Gasteiger partial charge in [-0.2, -0.15) is 9.41 Å². The van der Waals surface area contributed by atoms with E-state index >= 15 is 0 Å². The van der Waals surface area contributed by atoms with Crippen molar-refractivity contribution in [3.05, 3.63) is 90.3 Å². The first-order valence-electron chi connectivity index (χ1n) is 13.9. The van der Waals surface area contributed by atoms with Crippen LogP contribution in [0.4, 0.5) is 0 Å². The van der Waals surface area contributed by atoms with E-state index in [-0.39, 0.29) is 18.0 Å². The molecule has 44 heavy (non-hydrogen) atoms. The highest BCUT2D eigenvalue weighted by atomic mass is 32.2. The van der Waals surface area contributed by atoms with Gasteiger partial charge in [0.05, 0.1) is 51.1 Å². The quantitative estimate of drug-likeness (QED) is 0.231. The number of fused-ring (bicyclic) bond motifs is 1. The number of amides is 1. The Balaban J connectivity index is 1.52. The van der Waals surface area contributed by atoms with E-state index in [1.54, 1.807) is 64.1 Å². The number of hydrogen-bond acceptors (Lipinski definition) is 9. The summed E-state index contributed by atoms with van der Waals surface area (Å²) in [5.74, 6) is 1.25. The van der Waals surface area contributed by atoms with Crippen LogP contribution in [0.2, 0.25) is 0 Å². The standard InChI is InChI=1S/C32H34N4O7S/c1-40-17-16-35(44(38,39)31-7-5-6-24-20-33-15-14-26(24)31)21-32(37)36-28(23-10-13-29(42-3)30(18-23)43-4)19-27(34-36)22-8-11-25(41-2)12-9-22/h5-15,18,20,28H,16-17,19,21H2,1-4H3. The number of carbonyl (C=O) groups is 1. The number of rotatable bonds is 12. The zero-order valence-electron chi connectivity index (χ0n) is 25.0. The van der Waals surface area contributed by atoms with Crippen molar-refractivity contribution in [3.63, 3.8) is 0 Å². The van der Waals surface area contributed by atoms with Crippen molar-refractivity contribution >= 4 is 32.4 Å². The first-order valence-corrected chi connectivity index (χ1v) is 15.3. The lowest BCUT2D eigenvalue weighted by Crippen LogP contribution is -2.42. The van der Waals surface area contributed by atoms with E-state index in [1.807, 2.05) is 30.3 Å². The molecule has 5 rings (SSSR count). The van der Waals surface area contributed by atoms with Crippen molar-refractivity contribution in [2.24, 2.45) is 5.10 Å². The number of aromatic nitrogens is 1. The van der Waals surface area contributed by atoms with E-state index in [0.717, 1.165) is 15.4 Å². The van der Waals surface area contributed by atoms with Crippen LogP contribution in [0, 0.1) is 0 Å². The molecular weight excluding hydrogens is 584 g/mol. The monoisotopic (exact) mass is 618 g/mol. The number of nitrogens with zero attached hydrogens (tertiary/aromatic N) is 4. The fraction of sp³-hybridized carbons (Fsp3) is 0.281. The maximum absolute atomic E-state index is 14.1. The van der Waals surface area contributed by atoms with Gasteiger partial charge >= 0.3 is 0 Å². The average molecular weight is 619 g/mol. The van der Waals surface area contributed by atoms with Crippen LogP contribution in [-0.2, 0) is 19.6 Å². The first-order chi connectivity index (χ1) is 21.3. The number of sulfonamides is 1. The minimum Gasteiger partial charge on any atom is -0.497 e. The molecule has 0 saturated carbocycles. The van der Waals surface area contributed by atoms with Gasteiger partial charge in [-0.25, -0.2) is 13.4 Å². The number of hydrogen-bond donors (Lipinski definition) is 0. The summed E-state index contributed by atoms with van der Waals surface area (Å²) in [5, 5.41) is 7.29. The molecule has 0 N–H and O–H groups in total. The predicted molar refractivity (Wildman–Crippen MR) is 166 cm³/mol. The summed E-state index contributed by atoms with van der Waals surface area (Å²) in [6.07, 6.45) is 3.54. The molecule has 0 bridgehead atoms. The van der Waals surface area contributed by atoms with Crippen LogP contribution < -0.4 is 14.2 Å². The molecule has 230 valence electrons. The van der Waals surface area contributed by atoms with Crippen molar-refractivity contribution in [2.45, 2.75) is 17.4 Å². The summed E-state index contributed by atoms with van der Waals surface area (Å²) in [4.78, 5) is 18.3. The minimum atomic E-state index is -4.12. The number of carbonyl (C=O) groups excluding carboxylic acids is 1. The fourth-order valence-electron chi connectivity index (χ4n) is 5.18. The molecule has 1 aromatic heterocycles. The lowest BCUT2D eigenvalue weighted by Gasteiger charge is -2.27. The molecule has 0 radical (unpaired) electrons. The van der Waals surface area contributed by atoms with Gasteiger partial charge in [-0.1, -0.05) is 18.2 Å². The smallest absolute Gasteiger partial charge is 0.258 e. The molecule has 0 aliphatic carbocycles. The maximum Gasteiger partial charge on any atom is 0.258 e. The van der Waals surface area contributed by atoms with Gasteiger partial charge in [0, 0.05) is 43.2 Å². The van der Waals surface area contributed by atoms with E-state index in [2.05, 4.69) is 4.98 Å². The van der Waals surface area contributed by atoms with Gasteiger partial charge in [-0.05, 0) is 59.7 Å². The van der Waals surface area contributed by atoms with Crippen LogP contribution in [0.15, 0.2) is 89.1 Å². The van der Waals surface area contributed by atoms with E-state index in [9.17, 15) is 13.2 Å². The summed E-state index contributed by atoms with van der Waals surface area (Å²) >= 11 is 0. The fourth-order valence-corrected chi connectivity index (χ4v) is 6.76. The third kappa shape index (κ3) is 6.23. The Morgan fingerprint density at radius 2 is 1.73 bits per heavy atom. The van der Waals surface area contributed by atoms with Gasteiger partial charge in [0.2, 0.25) is 10.0 Å². The van der Waals surface area contributed by atoms with Crippen LogP contribution >= 0.6 is 0 Å². The van der Waals surface area contributed by atoms with Crippen LogP contribution in [-0.4, -0.2) is 82.5 Å². The Labute approximate surface area is 256 Å². The molecule has 1 aliphatic heterocycles. The number of pyridine rings is 1. The topological polar surface area (TPSA) is 120 Å². The second-order valence-corrected chi connectivity index (χ2v) is 11.9. The van der Waals surface area contributed by atoms with Crippen molar-refractivity contribution in [1.82, 2.24) is 14.3 Å². The van der Waals surface area contributed by atoms with Crippen LogP contribution in [0.3, 0.4) is 0 Å². The SMILES string of the molecule is COCCN(CC(=O)N1N=C(c2ccc(OC)cc2)CC1c1ccc(OC)c(OC)c1)S(=O)(=O)c1cccc2cnccc12. The van der Waals surface area contributed by atoms with Crippen LogP contribution in [0.1, 0.15) is 23.6 Å². The molecule has 12 heteroatoms. The molecule has 1 aliphatic rings. The highest BCUT2D eigenvalue weighted by Gasteiger charge is 2.37. The molecule has 0 spiro atoms. The van der Waals surface area contributed by atoms with Crippen LogP contribution in [0.5, 0.6) is 17.2 Å². The highest BCUT2D eigenvalue weighted by Crippen LogP contribution is 2.38. The predicted octanol–water partition coefficient (Wildman–Crippen LogP) is 4.28. The molecule has 1 amide bonds. The van der Waals surface area contributed by atoms with Crippen molar-refractivity contribution in [1.29, 1.82) is 0 Å². The summed E-state index contributed by atoms with van der Waals surface area (Å²) < 4.78 is 50.7. The van der Waals surface area contributed by atoms with Gasteiger partial charge in [-0.15, -0.1) is 0 Å². The summed E-state index contributed by atoms with van der Waals surface area (Å²) in [6.45, 7) is -0.384. The summed E-state index contributed by atoms with van der Waals surface area (Å²) in [7, 11) is 2.05. The van der Waals surface area contributed by atoms with E-state index < -0.39 is 28.5 Å². The molecule has 0 saturated heterocycles. The number of ether oxygens (including phenoxy) is 4. The molecule has 2 heterocycles. The second kappa shape index (κ2) is 13.4. The zero-order valence-corrected chi connectivity index (χ0v) is 25.8. The largest absolute Gasteiger partial charge is 0.497 e. The molecule has 3 aromatic carbocycles. The van der Waals surface area contributed by atoms with E-state index in [1.165, 1.54) is 18.2 Å². The molecule has 1 atom stereocenters. The third-order valence-electron chi connectivity index (χ3n) is 7.50. The lowest BCUT2D eigenvalue weighted by molar-refractivity contribution is -0.133. The summed E-state index contributed by atoms with van der Waals surface area (Å²) in [6, 6.07) is 18.9. The van der Waals surface area contributed by atoms with Crippen molar-refractivity contribution in [3.8, 4) is 17.2 Å². The van der Waals surface area contributed by atoms with Gasteiger partial charge in [0.25, 0.3) is 5.91 Å². The Bertz CT molecular complexity index is 1770. The van der Waals surface area contributed by atoms with Gasteiger partial charge < -0.3 is 18.9 Å². The normalized spacial score (nSPS) is 15.0. The number of methoxy groups -OCH3 is 4. The Kier molecular flexibility index (Phi) is 9.43. The zero-order chi connectivity index (χ0) is 31.3. The molecule has 4 aromatic rings. The second-order valence-electron chi connectivity index (χ2n) is 10.0. The van der Waals surface area contributed by atoms with Crippen LogP contribution in [0.25, 0.3) is 10.8 Å². The molecule has 0 fully saturated rings. The third-order valence-corrected chi connectivity index (χ3v) is 9.40. The van der Waals surface area contributed by atoms with Gasteiger partial charge in [-0.3, -0.25) is 9.78 Å². The number of benzene rings is 3. The maximum atomic E-state index is 14.1. The van der Waals surface area contributed by atoms with E-state index in [0.29, 0.717) is 40.2 Å². The highest BCUT2D eigenvalue weighted by molar-refractivity contribution is 7.89. The lowest BCUT2D eigenvalue weighted by atomic mass is 9.98. The van der Waals surface area contributed by atoms with Gasteiger partial charge in [0.1, 0.15) is 5.75 Å². The minimum absolute atomic E-state index is 0.0318. The Morgan fingerprint density at radius 1 is 0.955 bits per heavy atom. The molecule has 11 nitrogen and oxygen atoms in total. The number of hydrazone groups is 1. The van der Waals surface area contributed by atoms with Crippen molar-refractivity contribution in [2.75, 3.05) is 48.1 Å². The van der Waals surface area contributed by atoms with Crippen molar-refractivity contribution < 1.29 is 32.2 Å². The Hall–Kier alpha value is -4.52.